The number of aliphatic hydroxyl groups excluding tert-OH is 1. The first-order valence-electron chi connectivity index (χ1n) is 5.40. The van der Waals surface area contributed by atoms with Gasteiger partial charge in [0.25, 0.3) is 0 Å². The standard InChI is InChI=1S/C12H13F2NO2/c13-9-2-1-8(5-10(9)14)6-15-11(17)12(7-16)3-4-12/h1-2,5,16H,3-4,6-7H2,(H,15,17). The second-order valence-corrected chi connectivity index (χ2v) is 4.37. The summed E-state index contributed by atoms with van der Waals surface area (Å²) in [6.45, 7) is -0.0333. The van der Waals surface area contributed by atoms with Crippen LogP contribution in [-0.2, 0) is 11.3 Å². The molecule has 3 nitrogen and oxygen atoms in total. The SMILES string of the molecule is O=C(NCc1ccc(F)c(F)c1)C1(CO)CC1. The van der Waals surface area contributed by atoms with E-state index in [4.69, 9.17) is 5.11 Å². The Morgan fingerprint density at radius 3 is 2.59 bits per heavy atom. The van der Waals surface area contributed by atoms with Crippen LogP contribution in [0.15, 0.2) is 18.2 Å². The highest BCUT2D eigenvalue weighted by Gasteiger charge is 2.49. The van der Waals surface area contributed by atoms with Crippen LogP contribution in [0, 0.1) is 17.0 Å². The molecule has 0 bridgehead atoms. The van der Waals surface area contributed by atoms with Crippen molar-refractivity contribution in [1.82, 2.24) is 5.32 Å². The molecule has 0 aromatic heterocycles. The average Bonchev–Trinajstić information content (AvgIpc) is 3.11. The number of halogens is 2. The summed E-state index contributed by atoms with van der Waals surface area (Å²) in [4.78, 5) is 11.6. The minimum atomic E-state index is -0.931. The lowest BCUT2D eigenvalue weighted by Gasteiger charge is -2.12. The lowest BCUT2D eigenvalue weighted by atomic mass is 10.1. The van der Waals surface area contributed by atoms with Gasteiger partial charge >= 0.3 is 0 Å². The first-order valence-corrected chi connectivity index (χ1v) is 5.40. The minimum Gasteiger partial charge on any atom is -0.395 e. The number of hydrogen-bond acceptors (Lipinski definition) is 2. The number of carbonyl (C=O) groups excluding carboxylic acids is 1. The molecule has 0 atom stereocenters. The molecule has 17 heavy (non-hydrogen) atoms. The van der Waals surface area contributed by atoms with Crippen LogP contribution in [0.5, 0.6) is 0 Å². The molecule has 0 unspecified atom stereocenters. The quantitative estimate of drug-likeness (QED) is 0.836. The zero-order valence-electron chi connectivity index (χ0n) is 9.17. The highest BCUT2D eigenvalue weighted by molar-refractivity contribution is 5.85. The number of nitrogens with one attached hydrogen (secondary N) is 1. The summed E-state index contributed by atoms with van der Waals surface area (Å²) < 4.78 is 25.5. The first-order chi connectivity index (χ1) is 8.07. The predicted molar refractivity (Wildman–Crippen MR) is 57.0 cm³/mol. The summed E-state index contributed by atoms with van der Waals surface area (Å²) in [6, 6.07) is 3.49. The van der Waals surface area contributed by atoms with Gasteiger partial charge in [-0.15, -0.1) is 0 Å². The van der Waals surface area contributed by atoms with Crippen LogP contribution < -0.4 is 5.32 Å². The number of amides is 1. The third-order valence-electron chi connectivity index (χ3n) is 3.07. The lowest BCUT2D eigenvalue weighted by molar-refractivity contribution is -0.127. The number of aliphatic hydroxyl groups is 1. The third kappa shape index (κ3) is 2.44. The van der Waals surface area contributed by atoms with E-state index in [1.807, 2.05) is 0 Å². The fourth-order valence-corrected chi connectivity index (χ4v) is 1.63. The van der Waals surface area contributed by atoms with Gasteiger partial charge in [0.15, 0.2) is 11.6 Å². The van der Waals surface area contributed by atoms with Gasteiger partial charge in [0.1, 0.15) is 0 Å². The summed E-state index contributed by atoms with van der Waals surface area (Å²) in [5, 5.41) is 11.6. The summed E-state index contributed by atoms with van der Waals surface area (Å²) in [5.41, 5.74) is -0.149. The molecule has 92 valence electrons. The predicted octanol–water partition coefficient (Wildman–Crippen LogP) is 1.35. The first kappa shape index (κ1) is 12.0. The topological polar surface area (TPSA) is 49.3 Å². The molecule has 2 N–H and O–H groups in total. The van der Waals surface area contributed by atoms with Gasteiger partial charge in [-0.1, -0.05) is 6.07 Å². The molecule has 1 saturated carbocycles. The average molecular weight is 241 g/mol. The molecule has 5 heteroatoms. The zero-order valence-corrected chi connectivity index (χ0v) is 9.17. The molecule has 0 radical (unpaired) electrons. The van der Waals surface area contributed by atoms with Gasteiger partial charge in [-0.05, 0) is 30.5 Å². The Morgan fingerprint density at radius 1 is 1.35 bits per heavy atom. The molecule has 1 aromatic carbocycles. The van der Waals surface area contributed by atoms with E-state index in [-0.39, 0.29) is 19.1 Å². The van der Waals surface area contributed by atoms with E-state index in [1.54, 1.807) is 0 Å². The second-order valence-electron chi connectivity index (χ2n) is 4.37. The normalized spacial score (nSPS) is 16.6. The molecule has 0 saturated heterocycles. The maximum atomic E-state index is 12.9. The maximum absolute atomic E-state index is 12.9. The largest absolute Gasteiger partial charge is 0.395 e. The van der Waals surface area contributed by atoms with Crippen molar-refractivity contribution >= 4 is 5.91 Å². The molecule has 2 rings (SSSR count). The monoisotopic (exact) mass is 241 g/mol. The fourth-order valence-electron chi connectivity index (χ4n) is 1.63. The third-order valence-corrected chi connectivity index (χ3v) is 3.07. The Bertz CT molecular complexity index is 444. The van der Waals surface area contributed by atoms with Gasteiger partial charge in [0.05, 0.1) is 12.0 Å². The molecule has 1 amide bonds. The van der Waals surface area contributed by atoms with Crippen molar-refractivity contribution in [2.45, 2.75) is 19.4 Å². The van der Waals surface area contributed by atoms with Crippen LogP contribution >= 0.6 is 0 Å². The number of rotatable bonds is 4. The number of carbonyl (C=O) groups is 1. The Hall–Kier alpha value is -1.49. The molecule has 0 spiro atoms. The van der Waals surface area contributed by atoms with Gasteiger partial charge in [-0.25, -0.2) is 8.78 Å². The van der Waals surface area contributed by atoms with E-state index < -0.39 is 17.0 Å². The molecule has 1 aromatic rings. The molecular weight excluding hydrogens is 228 g/mol. The molecular formula is C12H13F2NO2. The molecule has 1 aliphatic carbocycles. The van der Waals surface area contributed by atoms with E-state index in [1.165, 1.54) is 6.07 Å². The van der Waals surface area contributed by atoms with Crippen molar-refractivity contribution in [3.63, 3.8) is 0 Å². The van der Waals surface area contributed by atoms with Crippen LogP contribution in [0.4, 0.5) is 8.78 Å². The van der Waals surface area contributed by atoms with E-state index in [2.05, 4.69) is 5.32 Å². The van der Waals surface area contributed by atoms with E-state index in [0.29, 0.717) is 18.4 Å². The highest BCUT2D eigenvalue weighted by atomic mass is 19.2. The summed E-state index contributed by atoms with van der Waals surface area (Å²) in [6.07, 6.45) is 1.35. The molecule has 1 aliphatic rings. The van der Waals surface area contributed by atoms with Crippen LogP contribution in [0.2, 0.25) is 0 Å². The molecule has 0 heterocycles. The van der Waals surface area contributed by atoms with Crippen LogP contribution in [0.1, 0.15) is 18.4 Å². The van der Waals surface area contributed by atoms with Gasteiger partial charge in [-0.2, -0.15) is 0 Å². The maximum Gasteiger partial charge on any atom is 0.228 e. The van der Waals surface area contributed by atoms with Crippen molar-refractivity contribution in [3.05, 3.63) is 35.4 Å². The minimum absolute atomic E-state index is 0.137. The van der Waals surface area contributed by atoms with Crippen LogP contribution in [0.25, 0.3) is 0 Å². The summed E-state index contributed by atoms with van der Waals surface area (Å²) in [5.74, 6) is -2.07. The van der Waals surface area contributed by atoms with Gasteiger partial charge in [0.2, 0.25) is 5.91 Å². The Balaban J connectivity index is 1.94. The molecule has 0 aliphatic heterocycles. The Morgan fingerprint density at radius 2 is 2.06 bits per heavy atom. The van der Waals surface area contributed by atoms with Crippen molar-refractivity contribution in [3.8, 4) is 0 Å². The van der Waals surface area contributed by atoms with Gasteiger partial charge < -0.3 is 10.4 Å². The number of hydrogen-bond donors (Lipinski definition) is 2. The number of benzene rings is 1. The van der Waals surface area contributed by atoms with Crippen LogP contribution in [-0.4, -0.2) is 17.6 Å². The summed E-state index contributed by atoms with van der Waals surface area (Å²) in [7, 11) is 0. The smallest absolute Gasteiger partial charge is 0.228 e. The highest BCUT2D eigenvalue weighted by Crippen LogP contribution is 2.45. The van der Waals surface area contributed by atoms with Crippen molar-refractivity contribution in [2.24, 2.45) is 5.41 Å². The van der Waals surface area contributed by atoms with E-state index >= 15 is 0 Å². The zero-order chi connectivity index (χ0) is 12.5. The fraction of sp³-hybridized carbons (Fsp3) is 0.417. The van der Waals surface area contributed by atoms with Crippen LogP contribution in [0.3, 0.4) is 0 Å². The summed E-state index contributed by atoms with van der Waals surface area (Å²) >= 11 is 0. The Kier molecular flexibility index (Phi) is 3.11. The second kappa shape index (κ2) is 4.41. The van der Waals surface area contributed by atoms with E-state index in [0.717, 1.165) is 12.1 Å². The van der Waals surface area contributed by atoms with Gasteiger partial charge in [0, 0.05) is 6.54 Å². The van der Waals surface area contributed by atoms with Crippen molar-refractivity contribution in [2.75, 3.05) is 6.61 Å². The van der Waals surface area contributed by atoms with E-state index in [9.17, 15) is 13.6 Å². The van der Waals surface area contributed by atoms with Crippen molar-refractivity contribution < 1.29 is 18.7 Å². The van der Waals surface area contributed by atoms with Gasteiger partial charge in [-0.3, -0.25) is 4.79 Å². The molecule has 1 fully saturated rings. The lowest BCUT2D eigenvalue weighted by Crippen LogP contribution is -2.33. The van der Waals surface area contributed by atoms with Crippen molar-refractivity contribution in [1.29, 1.82) is 0 Å². The Labute approximate surface area is 97.5 Å².